The molecule has 2 aliphatic rings. The molecular weight excluding hydrogens is 242 g/mol. The molecule has 0 aromatic carbocycles. The van der Waals surface area contributed by atoms with Gasteiger partial charge in [0.15, 0.2) is 0 Å². The third kappa shape index (κ3) is 3.15. The number of rotatable bonds is 6. The second-order valence-corrected chi connectivity index (χ2v) is 5.30. The van der Waals surface area contributed by atoms with Gasteiger partial charge >= 0.3 is 0 Å². The highest BCUT2D eigenvalue weighted by atomic mass is 16.5. The largest absolute Gasteiger partial charge is 0.478 e. The molecule has 2 atom stereocenters. The summed E-state index contributed by atoms with van der Waals surface area (Å²) in [6.45, 7) is 3.62. The summed E-state index contributed by atoms with van der Waals surface area (Å²) in [6.07, 6.45) is 6.54. The first-order valence-electron chi connectivity index (χ1n) is 7.20. The molecule has 3 rings (SSSR count). The van der Waals surface area contributed by atoms with Gasteiger partial charge in [-0.1, -0.05) is 6.92 Å². The van der Waals surface area contributed by atoms with Crippen LogP contribution in [0, 0.1) is 5.92 Å². The van der Waals surface area contributed by atoms with Crippen LogP contribution in [-0.2, 0) is 4.74 Å². The van der Waals surface area contributed by atoms with Gasteiger partial charge in [0, 0.05) is 12.7 Å². The standard InChI is InChI=1S/C14H21N3O2/c1-2-6-18-13-8-12(15-9-16-13)17-11-5-7-19-14(11)10-3-4-10/h8-11,14H,2-7H2,1H3,(H,15,16,17). The Balaban J connectivity index is 1.62. The van der Waals surface area contributed by atoms with E-state index in [2.05, 4.69) is 22.2 Å². The van der Waals surface area contributed by atoms with Gasteiger partial charge in [0.25, 0.3) is 0 Å². The number of ether oxygens (including phenoxy) is 2. The maximum atomic E-state index is 5.82. The number of hydrogen-bond donors (Lipinski definition) is 1. The molecule has 2 heterocycles. The summed E-state index contributed by atoms with van der Waals surface area (Å²) in [5, 5.41) is 3.47. The number of anilines is 1. The number of hydrogen-bond acceptors (Lipinski definition) is 5. The van der Waals surface area contributed by atoms with E-state index in [1.165, 1.54) is 12.8 Å². The van der Waals surface area contributed by atoms with Crippen LogP contribution in [0.2, 0.25) is 0 Å². The zero-order valence-corrected chi connectivity index (χ0v) is 11.3. The molecule has 19 heavy (non-hydrogen) atoms. The Morgan fingerprint density at radius 1 is 1.37 bits per heavy atom. The van der Waals surface area contributed by atoms with Gasteiger partial charge in [0.2, 0.25) is 5.88 Å². The van der Waals surface area contributed by atoms with Crippen molar-refractivity contribution in [3.8, 4) is 5.88 Å². The molecule has 5 heteroatoms. The van der Waals surface area contributed by atoms with Gasteiger partial charge in [0.05, 0.1) is 18.8 Å². The van der Waals surface area contributed by atoms with E-state index in [1.807, 2.05) is 6.07 Å². The molecule has 5 nitrogen and oxygen atoms in total. The average Bonchev–Trinajstić information content (AvgIpc) is 3.18. The predicted octanol–water partition coefficient (Wildman–Crippen LogP) is 2.24. The van der Waals surface area contributed by atoms with Crippen LogP contribution in [-0.4, -0.2) is 35.3 Å². The third-order valence-corrected chi connectivity index (χ3v) is 3.65. The zero-order valence-electron chi connectivity index (χ0n) is 11.3. The van der Waals surface area contributed by atoms with E-state index in [4.69, 9.17) is 9.47 Å². The summed E-state index contributed by atoms with van der Waals surface area (Å²) in [4.78, 5) is 8.38. The first kappa shape index (κ1) is 12.7. The van der Waals surface area contributed by atoms with Gasteiger partial charge in [-0.25, -0.2) is 9.97 Å². The fourth-order valence-electron chi connectivity index (χ4n) is 2.55. The molecule has 0 amide bonds. The van der Waals surface area contributed by atoms with Crippen molar-refractivity contribution in [2.45, 2.75) is 44.8 Å². The smallest absolute Gasteiger partial charge is 0.218 e. The minimum Gasteiger partial charge on any atom is -0.478 e. The van der Waals surface area contributed by atoms with Gasteiger partial charge in [-0.05, 0) is 31.6 Å². The van der Waals surface area contributed by atoms with Crippen LogP contribution in [0.15, 0.2) is 12.4 Å². The second kappa shape index (κ2) is 5.74. The van der Waals surface area contributed by atoms with Gasteiger partial charge in [-0.2, -0.15) is 0 Å². The molecule has 1 N–H and O–H groups in total. The van der Waals surface area contributed by atoms with Crippen molar-refractivity contribution in [1.82, 2.24) is 9.97 Å². The van der Waals surface area contributed by atoms with Gasteiger partial charge < -0.3 is 14.8 Å². The van der Waals surface area contributed by atoms with Crippen molar-refractivity contribution in [2.24, 2.45) is 5.92 Å². The Morgan fingerprint density at radius 2 is 2.26 bits per heavy atom. The van der Waals surface area contributed by atoms with Crippen LogP contribution >= 0.6 is 0 Å². The van der Waals surface area contributed by atoms with Crippen LogP contribution in [0.3, 0.4) is 0 Å². The van der Waals surface area contributed by atoms with Crippen molar-refractivity contribution in [3.05, 3.63) is 12.4 Å². The summed E-state index contributed by atoms with van der Waals surface area (Å²) < 4.78 is 11.3. The number of nitrogens with one attached hydrogen (secondary N) is 1. The van der Waals surface area contributed by atoms with E-state index in [0.717, 1.165) is 31.2 Å². The summed E-state index contributed by atoms with van der Waals surface area (Å²) in [6, 6.07) is 2.25. The number of nitrogens with zero attached hydrogens (tertiary/aromatic N) is 2. The first-order chi connectivity index (χ1) is 9.36. The van der Waals surface area contributed by atoms with E-state index >= 15 is 0 Å². The highest BCUT2D eigenvalue weighted by Crippen LogP contribution is 2.39. The van der Waals surface area contributed by atoms with E-state index in [9.17, 15) is 0 Å². The molecule has 1 aliphatic carbocycles. The van der Waals surface area contributed by atoms with Gasteiger partial charge in [-0.3, -0.25) is 0 Å². The third-order valence-electron chi connectivity index (χ3n) is 3.65. The molecule has 1 aromatic heterocycles. The Hall–Kier alpha value is -1.36. The second-order valence-electron chi connectivity index (χ2n) is 5.30. The summed E-state index contributed by atoms with van der Waals surface area (Å²) in [7, 11) is 0. The minimum absolute atomic E-state index is 0.356. The highest BCUT2D eigenvalue weighted by molar-refractivity contribution is 5.38. The highest BCUT2D eigenvalue weighted by Gasteiger charge is 2.40. The Labute approximate surface area is 113 Å². The Morgan fingerprint density at radius 3 is 3.05 bits per heavy atom. The monoisotopic (exact) mass is 263 g/mol. The lowest BCUT2D eigenvalue weighted by Crippen LogP contribution is -2.31. The van der Waals surface area contributed by atoms with Gasteiger partial charge in [0.1, 0.15) is 12.1 Å². The molecule has 2 fully saturated rings. The lowest BCUT2D eigenvalue weighted by molar-refractivity contribution is 0.0898. The van der Waals surface area contributed by atoms with E-state index in [1.54, 1.807) is 6.33 Å². The van der Waals surface area contributed by atoms with Crippen molar-refractivity contribution >= 4 is 5.82 Å². The molecular formula is C14H21N3O2. The van der Waals surface area contributed by atoms with Crippen LogP contribution < -0.4 is 10.1 Å². The molecule has 104 valence electrons. The van der Waals surface area contributed by atoms with Gasteiger partial charge in [-0.15, -0.1) is 0 Å². The van der Waals surface area contributed by atoms with Crippen molar-refractivity contribution < 1.29 is 9.47 Å². The van der Waals surface area contributed by atoms with Crippen molar-refractivity contribution in [3.63, 3.8) is 0 Å². The zero-order chi connectivity index (χ0) is 13.1. The van der Waals surface area contributed by atoms with E-state index in [-0.39, 0.29) is 0 Å². The first-order valence-corrected chi connectivity index (χ1v) is 7.20. The summed E-state index contributed by atoms with van der Waals surface area (Å²) >= 11 is 0. The van der Waals surface area contributed by atoms with Crippen LogP contribution in [0.25, 0.3) is 0 Å². The van der Waals surface area contributed by atoms with E-state index in [0.29, 0.717) is 24.6 Å². The normalized spacial score (nSPS) is 26.4. The molecule has 2 unspecified atom stereocenters. The maximum absolute atomic E-state index is 5.82. The molecule has 0 spiro atoms. The molecule has 1 saturated heterocycles. The summed E-state index contributed by atoms with van der Waals surface area (Å²) in [5.41, 5.74) is 0. The minimum atomic E-state index is 0.356. The van der Waals surface area contributed by atoms with Crippen molar-refractivity contribution in [2.75, 3.05) is 18.5 Å². The van der Waals surface area contributed by atoms with Crippen LogP contribution in [0.5, 0.6) is 5.88 Å². The average molecular weight is 263 g/mol. The quantitative estimate of drug-likeness (QED) is 0.853. The fourth-order valence-corrected chi connectivity index (χ4v) is 2.55. The molecule has 0 radical (unpaired) electrons. The lowest BCUT2D eigenvalue weighted by Gasteiger charge is -2.20. The summed E-state index contributed by atoms with van der Waals surface area (Å²) in [5.74, 6) is 2.22. The maximum Gasteiger partial charge on any atom is 0.218 e. The molecule has 0 bridgehead atoms. The Bertz CT molecular complexity index is 423. The molecule has 1 aliphatic heterocycles. The number of aromatic nitrogens is 2. The van der Waals surface area contributed by atoms with E-state index < -0.39 is 0 Å². The SMILES string of the molecule is CCCOc1cc(NC2CCOC2C2CC2)ncn1. The van der Waals surface area contributed by atoms with Crippen LogP contribution in [0.4, 0.5) is 5.82 Å². The van der Waals surface area contributed by atoms with Crippen LogP contribution in [0.1, 0.15) is 32.6 Å². The predicted molar refractivity (Wildman–Crippen MR) is 72.3 cm³/mol. The fraction of sp³-hybridized carbons (Fsp3) is 0.714. The topological polar surface area (TPSA) is 56.3 Å². The van der Waals surface area contributed by atoms with Crippen molar-refractivity contribution in [1.29, 1.82) is 0 Å². The molecule has 1 saturated carbocycles. The molecule has 1 aromatic rings. The Kier molecular flexibility index (Phi) is 3.82. The lowest BCUT2D eigenvalue weighted by atomic mass is 10.1.